The molecule has 3 nitrogen and oxygen atoms in total. The summed E-state index contributed by atoms with van der Waals surface area (Å²) in [5.41, 5.74) is 5.66. The van der Waals surface area contributed by atoms with Crippen LogP contribution in [0.2, 0.25) is 0 Å². The highest BCUT2D eigenvalue weighted by Gasteiger charge is 2.22. The Kier molecular flexibility index (Phi) is 6.25. The van der Waals surface area contributed by atoms with Crippen LogP contribution in [-0.4, -0.2) is 30.4 Å². The first-order valence-corrected chi connectivity index (χ1v) is 5.55. The lowest BCUT2D eigenvalue weighted by Gasteiger charge is -2.31. The van der Waals surface area contributed by atoms with Crippen molar-refractivity contribution in [2.75, 3.05) is 19.6 Å². The SMILES string of the molecule is C=CCC(=O)N(CCC)CC(C)(C)CN. The van der Waals surface area contributed by atoms with Crippen molar-refractivity contribution in [1.82, 2.24) is 4.90 Å². The highest BCUT2D eigenvalue weighted by atomic mass is 16.2. The van der Waals surface area contributed by atoms with Gasteiger partial charge in [-0.3, -0.25) is 4.79 Å². The van der Waals surface area contributed by atoms with Crippen LogP contribution in [0.15, 0.2) is 12.7 Å². The van der Waals surface area contributed by atoms with Crippen molar-refractivity contribution in [3.8, 4) is 0 Å². The number of hydrogen-bond acceptors (Lipinski definition) is 2. The number of carbonyl (C=O) groups excluding carboxylic acids is 1. The van der Waals surface area contributed by atoms with Gasteiger partial charge in [-0.1, -0.05) is 26.8 Å². The minimum absolute atomic E-state index is 0.00794. The molecule has 0 saturated heterocycles. The monoisotopic (exact) mass is 212 g/mol. The number of nitrogens with zero attached hydrogens (tertiary/aromatic N) is 1. The average Bonchev–Trinajstić information content (AvgIpc) is 2.17. The van der Waals surface area contributed by atoms with Crippen LogP contribution in [0.1, 0.15) is 33.6 Å². The molecule has 0 aliphatic rings. The van der Waals surface area contributed by atoms with Crippen molar-refractivity contribution in [2.45, 2.75) is 33.6 Å². The molecule has 0 fully saturated rings. The smallest absolute Gasteiger partial charge is 0.226 e. The predicted molar refractivity (Wildman–Crippen MR) is 64.5 cm³/mol. The molecule has 0 aromatic rings. The van der Waals surface area contributed by atoms with E-state index in [0.717, 1.165) is 19.5 Å². The predicted octanol–water partition coefficient (Wildman–Crippen LogP) is 1.79. The molecule has 0 saturated carbocycles. The summed E-state index contributed by atoms with van der Waals surface area (Å²) in [6.45, 7) is 11.9. The zero-order valence-corrected chi connectivity index (χ0v) is 10.3. The lowest BCUT2D eigenvalue weighted by atomic mass is 9.93. The first-order valence-electron chi connectivity index (χ1n) is 5.55. The standard InChI is InChI=1S/C12H24N2O/c1-5-7-11(15)14(8-6-2)10-12(3,4)9-13/h5H,1,6-10,13H2,2-4H3. The van der Waals surface area contributed by atoms with Crippen LogP contribution in [0.4, 0.5) is 0 Å². The van der Waals surface area contributed by atoms with Gasteiger partial charge in [0.25, 0.3) is 0 Å². The summed E-state index contributed by atoms with van der Waals surface area (Å²) < 4.78 is 0. The molecule has 0 radical (unpaired) electrons. The van der Waals surface area contributed by atoms with Crippen LogP contribution in [-0.2, 0) is 4.79 Å². The molecular weight excluding hydrogens is 188 g/mol. The summed E-state index contributed by atoms with van der Waals surface area (Å²) in [6, 6.07) is 0. The average molecular weight is 212 g/mol. The van der Waals surface area contributed by atoms with E-state index >= 15 is 0 Å². The van der Waals surface area contributed by atoms with Crippen molar-refractivity contribution >= 4 is 5.91 Å². The summed E-state index contributed by atoms with van der Waals surface area (Å²) in [5.74, 6) is 0.147. The molecule has 0 unspecified atom stereocenters. The van der Waals surface area contributed by atoms with E-state index in [4.69, 9.17) is 5.73 Å². The first-order chi connectivity index (χ1) is 6.96. The summed E-state index contributed by atoms with van der Waals surface area (Å²) >= 11 is 0. The molecule has 0 spiro atoms. The van der Waals surface area contributed by atoms with E-state index in [1.165, 1.54) is 0 Å². The van der Waals surface area contributed by atoms with E-state index < -0.39 is 0 Å². The van der Waals surface area contributed by atoms with E-state index in [9.17, 15) is 4.79 Å². The van der Waals surface area contributed by atoms with Crippen molar-refractivity contribution < 1.29 is 4.79 Å². The number of amides is 1. The van der Waals surface area contributed by atoms with Gasteiger partial charge < -0.3 is 10.6 Å². The van der Waals surface area contributed by atoms with Crippen molar-refractivity contribution in [2.24, 2.45) is 11.1 Å². The topological polar surface area (TPSA) is 46.3 Å². The highest BCUT2D eigenvalue weighted by Crippen LogP contribution is 2.15. The van der Waals surface area contributed by atoms with Crippen LogP contribution >= 0.6 is 0 Å². The van der Waals surface area contributed by atoms with Crippen molar-refractivity contribution in [1.29, 1.82) is 0 Å². The van der Waals surface area contributed by atoms with E-state index in [0.29, 0.717) is 13.0 Å². The van der Waals surface area contributed by atoms with Gasteiger partial charge in [-0.2, -0.15) is 0 Å². The molecule has 0 aromatic carbocycles. The maximum atomic E-state index is 11.7. The largest absolute Gasteiger partial charge is 0.342 e. The van der Waals surface area contributed by atoms with Crippen LogP contribution in [0.25, 0.3) is 0 Å². The van der Waals surface area contributed by atoms with Gasteiger partial charge in [0.2, 0.25) is 5.91 Å². The molecule has 0 rings (SSSR count). The molecule has 0 aliphatic heterocycles. The molecule has 88 valence electrons. The second-order valence-corrected chi connectivity index (χ2v) is 4.68. The highest BCUT2D eigenvalue weighted by molar-refractivity contribution is 5.77. The Hall–Kier alpha value is -0.830. The van der Waals surface area contributed by atoms with Gasteiger partial charge in [-0.15, -0.1) is 6.58 Å². The molecule has 1 amide bonds. The third-order valence-electron chi connectivity index (χ3n) is 2.34. The molecule has 0 atom stereocenters. The van der Waals surface area contributed by atoms with Crippen LogP contribution in [0, 0.1) is 5.41 Å². The third kappa shape index (κ3) is 5.57. The van der Waals surface area contributed by atoms with Gasteiger partial charge in [0, 0.05) is 19.5 Å². The van der Waals surface area contributed by atoms with Gasteiger partial charge in [0.15, 0.2) is 0 Å². The summed E-state index contributed by atoms with van der Waals surface area (Å²) in [7, 11) is 0. The normalized spacial score (nSPS) is 11.2. The van der Waals surface area contributed by atoms with E-state index in [2.05, 4.69) is 27.4 Å². The Morgan fingerprint density at radius 2 is 2.13 bits per heavy atom. The van der Waals surface area contributed by atoms with Crippen molar-refractivity contribution in [3.05, 3.63) is 12.7 Å². The second kappa shape index (κ2) is 6.62. The van der Waals surface area contributed by atoms with Gasteiger partial charge in [0.05, 0.1) is 0 Å². The van der Waals surface area contributed by atoms with E-state index in [1.54, 1.807) is 6.08 Å². The van der Waals surface area contributed by atoms with Gasteiger partial charge >= 0.3 is 0 Å². The Morgan fingerprint density at radius 1 is 1.53 bits per heavy atom. The first kappa shape index (κ1) is 14.2. The fourth-order valence-corrected chi connectivity index (χ4v) is 1.40. The maximum absolute atomic E-state index is 11.7. The number of nitrogens with two attached hydrogens (primary N) is 1. The molecule has 3 heteroatoms. The number of rotatable bonds is 7. The molecule has 15 heavy (non-hydrogen) atoms. The number of hydrogen-bond donors (Lipinski definition) is 1. The van der Waals surface area contributed by atoms with Crippen molar-refractivity contribution in [3.63, 3.8) is 0 Å². The van der Waals surface area contributed by atoms with Gasteiger partial charge in [0.1, 0.15) is 0 Å². The minimum Gasteiger partial charge on any atom is -0.342 e. The zero-order chi connectivity index (χ0) is 11.9. The molecule has 2 N–H and O–H groups in total. The van der Waals surface area contributed by atoms with Gasteiger partial charge in [-0.05, 0) is 18.4 Å². The van der Waals surface area contributed by atoms with Gasteiger partial charge in [-0.25, -0.2) is 0 Å². The molecule has 0 aromatic heterocycles. The Labute approximate surface area is 93.3 Å². The molecule has 0 aliphatic carbocycles. The minimum atomic E-state index is -0.00794. The summed E-state index contributed by atoms with van der Waals surface area (Å²) in [5, 5.41) is 0. The second-order valence-electron chi connectivity index (χ2n) is 4.68. The van der Waals surface area contributed by atoms with E-state index in [-0.39, 0.29) is 11.3 Å². The molecule has 0 heterocycles. The Bertz CT molecular complexity index is 212. The summed E-state index contributed by atoms with van der Waals surface area (Å²) in [6.07, 6.45) is 3.05. The van der Waals surface area contributed by atoms with E-state index in [1.807, 2.05) is 4.90 Å². The zero-order valence-electron chi connectivity index (χ0n) is 10.3. The lowest BCUT2D eigenvalue weighted by molar-refractivity contribution is -0.131. The Balaban J connectivity index is 4.38. The van der Waals surface area contributed by atoms with Crippen LogP contribution < -0.4 is 5.73 Å². The van der Waals surface area contributed by atoms with Crippen LogP contribution in [0.3, 0.4) is 0 Å². The Morgan fingerprint density at radius 3 is 2.53 bits per heavy atom. The molecule has 0 bridgehead atoms. The molecular formula is C12H24N2O. The quantitative estimate of drug-likeness (QED) is 0.654. The van der Waals surface area contributed by atoms with Crippen LogP contribution in [0.5, 0.6) is 0 Å². The number of carbonyl (C=O) groups is 1. The lowest BCUT2D eigenvalue weighted by Crippen LogP contribution is -2.42. The fraction of sp³-hybridized carbons (Fsp3) is 0.750. The fourth-order valence-electron chi connectivity index (χ4n) is 1.40. The third-order valence-corrected chi connectivity index (χ3v) is 2.34. The maximum Gasteiger partial charge on any atom is 0.226 e. The summed E-state index contributed by atoms with van der Waals surface area (Å²) in [4.78, 5) is 13.6.